The molecule has 1 aromatic rings. The van der Waals surface area contributed by atoms with Gasteiger partial charge < -0.3 is 4.74 Å². The third-order valence-electron chi connectivity index (χ3n) is 4.77. The molecule has 2 heterocycles. The SMILES string of the molecule is CCC1C=C2C(=O)c3ccc4c(c3C=C2O1)=C1C=CC(=O)C=C1N=4. The zero-order valence-corrected chi connectivity index (χ0v) is 13.0. The van der Waals surface area contributed by atoms with E-state index in [1.54, 1.807) is 6.08 Å². The Balaban J connectivity index is 1.83. The average Bonchev–Trinajstić information content (AvgIpc) is 3.15. The Kier molecular flexibility index (Phi) is 2.52. The van der Waals surface area contributed by atoms with Crippen LogP contribution in [0.2, 0.25) is 0 Å². The minimum Gasteiger partial charge on any atom is -0.486 e. The first-order valence-electron chi connectivity index (χ1n) is 8.01. The summed E-state index contributed by atoms with van der Waals surface area (Å²) in [6.45, 7) is 2.03. The van der Waals surface area contributed by atoms with Crippen LogP contribution in [-0.2, 0) is 9.53 Å². The Morgan fingerprint density at radius 1 is 1.17 bits per heavy atom. The highest BCUT2D eigenvalue weighted by Gasteiger charge is 2.33. The van der Waals surface area contributed by atoms with Crippen molar-refractivity contribution >= 4 is 23.2 Å². The highest BCUT2D eigenvalue weighted by molar-refractivity contribution is 6.17. The molecule has 1 aromatic carbocycles. The first kappa shape index (κ1) is 13.4. The van der Waals surface area contributed by atoms with Gasteiger partial charge in [-0.05, 0) is 48.4 Å². The van der Waals surface area contributed by atoms with Crippen molar-refractivity contribution in [3.63, 3.8) is 0 Å². The van der Waals surface area contributed by atoms with Crippen LogP contribution in [0, 0.1) is 0 Å². The van der Waals surface area contributed by atoms with Gasteiger partial charge in [-0.15, -0.1) is 0 Å². The number of nitrogens with zero attached hydrogens (tertiary/aromatic N) is 1. The molecule has 0 radical (unpaired) electrons. The summed E-state index contributed by atoms with van der Waals surface area (Å²) in [4.78, 5) is 29.0. The fourth-order valence-electron chi connectivity index (χ4n) is 3.58. The summed E-state index contributed by atoms with van der Waals surface area (Å²) in [6.07, 6.45) is 9.48. The van der Waals surface area contributed by atoms with E-state index in [2.05, 4.69) is 4.99 Å². The second-order valence-electron chi connectivity index (χ2n) is 6.19. The van der Waals surface area contributed by atoms with Gasteiger partial charge >= 0.3 is 0 Å². The summed E-state index contributed by atoms with van der Waals surface area (Å²) < 4.78 is 5.88. The van der Waals surface area contributed by atoms with Gasteiger partial charge in [0.25, 0.3) is 0 Å². The first-order chi connectivity index (χ1) is 11.7. The summed E-state index contributed by atoms with van der Waals surface area (Å²) in [5.41, 5.74) is 3.71. The number of carbonyl (C=O) groups excluding carboxylic acids is 2. The Bertz CT molecular complexity index is 1100. The standard InChI is InChI=1S/C20H13NO3/c1-2-11-8-15-18(24-11)9-14-12(20(15)23)5-6-16-19(14)13-4-3-10(22)7-17(13)21-16/h3-9,11H,2H2,1H3. The lowest BCUT2D eigenvalue weighted by Gasteiger charge is -2.16. The number of carbonyl (C=O) groups is 2. The molecule has 1 unspecified atom stereocenters. The highest BCUT2D eigenvalue weighted by Crippen LogP contribution is 2.34. The molecule has 0 amide bonds. The summed E-state index contributed by atoms with van der Waals surface area (Å²) >= 11 is 0. The number of fused-ring (bicyclic) bond motifs is 5. The molecular formula is C20H13NO3. The summed E-state index contributed by atoms with van der Waals surface area (Å²) in [5.74, 6) is 0.570. The number of benzene rings is 1. The van der Waals surface area contributed by atoms with E-state index in [0.717, 1.165) is 28.1 Å². The zero-order chi connectivity index (χ0) is 16.4. The first-order valence-corrected chi connectivity index (χ1v) is 8.01. The summed E-state index contributed by atoms with van der Waals surface area (Å²) in [5, 5.41) is 1.70. The monoisotopic (exact) mass is 315 g/mol. The molecule has 0 bridgehead atoms. The van der Waals surface area contributed by atoms with Crippen LogP contribution in [0.4, 0.5) is 0 Å². The third-order valence-corrected chi connectivity index (χ3v) is 4.77. The lowest BCUT2D eigenvalue weighted by atomic mass is 9.88. The molecule has 116 valence electrons. The maximum atomic E-state index is 12.9. The number of rotatable bonds is 1. The molecule has 0 aromatic heterocycles. The van der Waals surface area contributed by atoms with Crippen LogP contribution in [0.1, 0.15) is 29.3 Å². The van der Waals surface area contributed by atoms with E-state index in [4.69, 9.17) is 4.74 Å². The van der Waals surface area contributed by atoms with Gasteiger partial charge in [-0.2, -0.15) is 0 Å². The Hall–Kier alpha value is -3.01. The van der Waals surface area contributed by atoms with Gasteiger partial charge in [0, 0.05) is 22.4 Å². The lowest BCUT2D eigenvalue weighted by molar-refractivity contribution is -0.110. The molecule has 4 heteroatoms. The van der Waals surface area contributed by atoms with E-state index in [1.807, 2.05) is 31.2 Å². The second-order valence-corrected chi connectivity index (χ2v) is 6.19. The van der Waals surface area contributed by atoms with Crippen molar-refractivity contribution in [3.05, 3.63) is 75.2 Å². The molecule has 24 heavy (non-hydrogen) atoms. The maximum absolute atomic E-state index is 12.9. The summed E-state index contributed by atoms with van der Waals surface area (Å²) in [6, 6.07) is 3.67. The molecule has 5 rings (SSSR count). The van der Waals surface area contributed by atoms with Crippen molar-refractivity contribution in [1.82, 2.24) is 0 Å². The van der Waals surface area contributed by atoms with Crippen LogP contribution < -0.4 is 10.6 Å². The molecule has 0 spiro atoms. The van der Waals surface area contributed by atoms with Crippen molar-refractivity contribution in [3.8, 4) is 0 Å². The van der Waals surface area contributed by atoms with Crippen LogP contribution in [0.5, 0.6) is 0 Å². The number of hydrogen-bond acceptors (Lipinski definition) is 4. The van der Waals surface area contributed by atoms with Crippen molar-refractivity contribution in [2.24, 2.45) is 4.99 Å². The third kappa shape index (κ3) is 1.65. The normalized spacial score (nSPS) is 22.6. The lowest BCUT2D eigenvalue weighted by Crippen LogP contribution is -2.30. The van der Waals surface area contributed by atoms with E-state index in [9.17, 15) is 9.59 Å². The van der Waals surface area contributed by atoms with Gasteiger partial charge in [-0.25, -0.2) is 4.99 Å². The number of Topliss-reactive ketones (excluding diaryl/α,β-unsaturated/α-hetero) is 1. The van der Waals surface area contributed by atoms with Crippen LogP contribution in [0.25, 0.3) is 11.6 Å². The fraction of sp³-hybridized carbons (Fsp3) is 0.150. The van der Waals surface area contributed by atoms with Gasteiger partial charge in [-0.3, -0.25) is 9.59 Å². The minimum atomic E-state index is -0.0660. The molecule has 4 aliphatic rings. The number of hydrogen-bond donors (Lipinski definition) is 0. The number of ketones is 2. The fourth-order valence-corrected chi connectivity index (χ4v) is 3.58. The van der Waals surface area contributed by atoms with Crippen LogP contribution in [-0.4, -0.2) is 17.7 Å². The smallest absolute Gasteiger partial charge is 0.197 e. The van der Waals surface area contributed by atoms with Gasteiger partial charge in [-0.1, -0.05) is 6.92 Å². The number of allylic oxidation sites excluding steroid dienone is 4. The topological polar surface area (TPSA) is 55.7 Å². The molecule has 0 saturated carbocycles. The molecule has 0 saturated heterocycles. The van der Waals surface area contributed by atoms with Gasteiger partial charge in [0.2, 0.25) is 0 Å². The van der Waals surface area contributed by atoms with Gasteiger partial charge in [0.15, 0.2) is 11.6 Å². The molecule has 0 N–H and O–H groups in total. The predicted molar refractivity (Wildman–Crippen MR) is 88.4 cm³/mol. The molecule has 4 nitrogen and oxygen atoms in total. The van der Waals surface area contributed by atoms with Crippen LogP contribution in [0.15, 0.2) is 58.5 Å². The largest absolute Gasteiger partial charge is 0.486 e. The number of ether oxygens (including phenoxy) is 1. The second kappa shape index (κ2) is 4.51. The van der Waals surface area contributed by atoms with Crippen molar-refractivity contribution in [2.45, 2.75) is 19.4 Å². The van der Waals surface area contributed by atoms with Gasteiger partial charge in [0.05, 0.1) is 16.6 Å². The molecule has 1 atom stereocenters. The Morgan fingerprint density at radius 2 is 2.04 bits per heavy atom. The minimum absolute atomic E-state index is 0.00450. The molecule has 0 fully saturated rings. The average molecular weight is 315 g/mol. The van der Waals surface area contributed by atoms with Crippen molar-refractivity contribution < 1.29 is 14.3 Å². The van der Waals surface area contributed by atoms with E-state index in [-0.39, 0.29) is 17.7 Å². The van der Waals surface area contributed by atoms with Crippen LogP contribution >= 0.6 is 0 Å². The zero-order valence-electron chi connectivity index (χ0n) is 13.0. The Morgan fingerprint density at radius 3 is 2.88 bits per heavy atom. The molecule has 2 aliphatic carbocycles. The highest BCUT2D eigenvalue weighted by atomic mass is 16.5. The van der Waals surface area contributed by atoms with E-state index in [0.29, 0.717) is 22.6 Å². The van der Waals surface area contributed by atoms with Crippen LogP contribution in [0.3, 0.4) is 0 Å². The van der Waals surface area contributed by atoms with E-state index in [1.165, 1.54) is 12.2 Å². The quantitative estimate of drug-likeness (QED) is 0.793. The predicted octanol–water partition coefficient (Wildman–Crippen LogP) is 1.77. The molecular weight excluding hydrogens is 302 g/mol. The van der Waals surface area contributed by atoms with E-state index >= 15 is 0 Å². The Labute approximate surface area is 137 Å². The summed E-state index contributed by atoms with van der Waals surface area (Å²) in [7, 11) is 0. The van der Waals surface area contributed by atoms with Crippen molar-refractivity contribution in [2.75, 3.05) is 0 Å². The van der Waals surface area contributed by atoms with Crippen molar-refractivity contribution in [1.29, 1.82) is 0 Å². The maximum Gasteiger partial charge on any atom is 0.197 e. The van der Waals surface area contributed by atoms with Gasteiger partial charge in [0.1, 0.15) is 11.9 Å². The molecule has 2 aliphatic heterocycles. The van der Waals surface area contributed by atoms with E-state index < -0.39 is 0 Å².